The first kappa shape index (κ1) is 8.84. The van der Waals surface area contributed by atoms with Crippen molar-refractivity contribution in [2.75, 3.05) is 11.5 Å². The van der Waals surface area contributed by atoms with Gasteiger partial charge in [0.2, 0.25) is 11.8 Å². The minimum Gasteiger partial charge on any atom is -0.378 e. The summed E-state index contributed by atoms with van der Waals surface area (Å²) in [5.74, 6) is -0.690. The van der Waals surface area contributed by atoms with Gasteiger partial charge in [0.05, 0.1) is 4.92 Å². The number of nitrogens with two attached hydrogens (primary N) is 2. The molecule has 0 unspecified atom stereocenters. The molecule has 0 bridgehead atoms. The predicted octanol–water partition coefficient (Wildman–Crippen LogP) is -0.638. The molecule has 1 aromatic rings. The summed E-state index contributed by atoms with van der Waals surface area (Å²) in [6, 6.07) is 0. The van der Waals surface area contributed by atoms with Crippen molar-refractivity contribution in [3.63, 3.8) is 0 Å². The van der Waals surface area contributed by atoms with Crippen LogP contribution in [0.15, 0.2) is 0 Å². The zero-order valence-corrected chi connectivity index (χ0v) is 6.30. The fourth-order valence-corrected chi connectivity index (χ4v) is 0.778. The first-order chi connectivity index (χ1) is 6.06. The average Bonchev–Trinajstić information content (AvgIpc) is 2.01. The minimum atomic E-state index is -0.835. The van der Waals surface area contributed by atoms with Crippen molar-refractivity contribution < 1.29 is 9.72 Å². The summed E-state index contributed by atoms with van der Waals surface area (Å²) in [6.07, 6.45) is 0.201. The molecule has 1 heterocycles. The second-order valence-corrected chi connectivity index (χ2v) is 2.08. The van der Waals surface area contributed by atoms with E-state index in [1.165, 1.54) is 0 Å². The van der Waals surface area contributed by atoms with Gasteiger partial charge in [-0.1, -0.05) is 0 Å². The van der Waals surface area contributed by atoms with Crippen LogP contribution in [0.3, 0.4) is 0 Å². The summed E-state index contributed by atoms with van der Waals surface area (Å²) in [6.45, 7) is 0. The summed E-state index contributed by atoms with van der Waals surface area (Å²) < 4.78 is 0. The molecular formula is C5H5N5O3. The van der Waals surface area contributed by atoms with Gasteiger partial charge in [-0.3, -0.25) is 14.9 Å². The Morgan fingerprint density at radius 2 is 2.00 bits per heavy atom. The number of aromatic nitrogens is 2. The molecule has 0 spiro atoms. The Kier molecular flexibility index (Phi) is 2.05. The third-order valence-electron chi connectivity index (χ3n) is 1.25. The van der Waals surface area contributed by atoms with Crippen LogP contribution in [-0.4, -0.2) is 21.2 Å². The number of carbonyl (C=O) groups is 1. The lowest BCUT2D eigenvalue weighted by Gasteiger charge is -1.98. The zero-order chi connectivity index (χ0) is 10.0. The molecule has 8 nitrogen and oxygen atoms in total. The lowest BCUT2D eigenvalue weighted by molar-refractivity contribution is -0.384. The van der Waals surface area contributed by atoms with E-state index in [2.05, 4.69) is 9.97 Å². The van der Waals surface area contributed by atoms with Crippen LogP contribution in [0.1, 0.15) is 10.5 Å². The van der Waals surface area contributed by atoms with E-state index in [0.29, 0.717) is 0 Å². The highest BCUT2D eigenvalue weighted by Gasteiger charge is 2.21. The summed E-state index contributed by atoms with van der Waals surface area (Å²) in [4.78, 5) is 26.6. The van der Waals surface area contributed by atoms with Crippen LogP contribution in [0.2, 0.25) is 0 Å². The molecule has 13 heavy (non-hydrogen) atoms. The molecule has 0 aliphatic carbocycles. The Hall–Kier alpha value is -2.25. The lowest BCUT2D eigenvalue weighted by atomic mass is 10.3. The van der Waals surface area contributed by atoms with Crippen molar-refractivity contribution in [1.82, 2.24) is 9.97 Å². The summed E-state index contributed by atoms with van der Waals surface area (Å²) in [5, 5.41) is 10.4. The highest BCUT2D eigenvalue weighted by Crippen LogP contribution is 2.21. The smallest absolute Gasteiger partial charge is 0.340 e. The van der Waals surface area contributed by atoms with E-state index in [0.717, 1.165) is 0 Å². The highest BCUT2D eigenvalue weighted by atomic mass is 16.6. The van der Waals surface area contributed by atoms with Gasteiger partial charge < -0.3 is 11.5 Å². The van der Waals surface area contributed by atoms with Gasteiger partial charge in [0.15, 0.2) is 12.0 Å². The fraction of sp³-hybridized carbons (Fsp3) is 0. The maximum atomic E-state index is 10.4. The van der Waals surface area contributed by atoms with Crippen molar-refractivity contribution in [1.29, 1.82) is 0 Å². The average molecular weight is 183 g/mol. The number of nitrogen functional groups attached to an aromatic ring is 2. The van der Waals surface area contributed by atoms with Gasteiger partial charge in [-0.2, -0.15) is 4.98 Å². The van der Waals surface area contributed by atoms with E-state index < -0.39 is 22.1 Å². The van der Waals surface area contributed by atoms with E-state index in [1.54, 1.807) is 0 Å². The number of anilines is 2. The molecule has 0 radical (unpaired) electrons. The zero-order valence-electron chi connectivity index (χ0n) is 6.30. The second kappa shape index (κ2) is 3.01. The number of carbonyl (C=O) groups excluding carboxylic acids is 1. The lowest BCUT2D eigenvalue weighted by Crippen LogP contribution is -2.08. The SMILES string of the molecule is Nc1nc(N)c([N+](=O)[O-])c(C=O)n1. The van der Waals surface area contributed by atoms with Gasteiger partial charge >= 0.3 is 5.69 Å². The standard InChI is InChI=1S/C5H5N5O3/c6-4-3(10(12)13)2(1-11)8-5(7)9-4/h1H,(H4,6,7,8,9). The van der Waals surface area contributed by atoms with Crippen molar-refractivity contribution in [2.24, 2.45) is 0 Å². The van der Waals surface area contributed by atoms with Gasteiger partial charge in [0.25, 0.3) is 0 Å². The Morgan fingerprint density at radius 3 is 2.46 bits per heavy atom. The van der Waals surface area contributed by atoms with Crippen LogP contribution in [0.5, 0.6) is 0 Å². The second-order valence-electron chi connectivity index (χ2n) is 2.08. The van der Waals surface area contributed by atoms with E-state index >= 15 is 0 Å². The van der Waals surface area contributed by atoms with Gasteiger partial charge in [-0.15, -0.1) is 0 Å². The minimum absolute atomic E-state index is 0.201. The van der Waals surface area contributed by atoms with Crippen molar-refractivity contribution in [3.05, 3.63) is 15.8 Å². The van der Waals surface area contributed by atoms with Gasteiger partial charge in [-0.25, -0.2) is 4.98 Å². The number of aldehydes is 1. The van der Waals surface area contributed by atoms with Crippen LogP contribution >= 0.6 is 0 Å². The number of rotatable bonds is 2. The van der Waals surface area contributed by atoms with E-state index in [-0.39, 0.29) is 12.2 Å². The molecule has 0 saturated carbocycles. The van der Waals surface area contributed by atoms with Crippen LogP contribution < -0.4 is 11.5 Å². The van der Waals surface area contributed by atoms with Crippen LogP contribution in [-0.2, 0) is 0 Å². The maximum absolute atomic E-state index is 10.4. The van der Waals surface area contributed by atoms with E-state index in [1.807, 2.05) is 0 Å². The predicted molar refractivity (Wildman–Crippen MR) is 42.9 cm³/mol. The molecule has 0 aliphatic heterocycles. The molecule has 8 heteroatoms. The number of nitrogens with zero attached hydrogens (tertiary/aromatic N) is 3. The largest absolute Gasteiger partial charge is 0.378 e. The molecule has 0 amide bonds. The first-order valence-electron chi connectivity index (χ1n) is 3.08. The van der Waals surface area contributed by atoms with Gasteiger partial charge in [0, 0.05) is 0 Å². The fourth-order valence-electron chi connectivity index (χ4n) is 0.778. The summed E-state index contributed by atoms with van der Waals surface area (Å²) in [5.41, 5.74) is 9.24. The summed E-state index contributed by atoms with van der Waals surface area (Å²) in [7, 11) is 0. The third-order valence-corrected chi connectivity index (χ3v) is 1.25. The maximum Gasteiger partial charge on any atom is 0.340 e. The van der Waals surface area contributed by atoms with Crippen LogP contribution in [0, 0.1) is 10.1 Å². The molecule has 0 atom stereocenters. The Labute approximate surface area is 71.7 Å². The van der Waals surface area contributed by atoms with E-state index in [4.69, 9.17) is 11.5 Å². The van der Waals surface area contributed by atoms with Gasteiger partial charge in [0.1, 0.15) is 0 Å². The number of hydrogen-bond donors (Lipinski definition) is 2. The Balaban J connectivity index is 3.47. The highest BCUT2D eigenvalue weighted by molar-refractivity contribution is 5.82. The molecular weight excluding hydrogens is 178 g/mol. The molecule has 68 valence electrons. The molecule has 1 rings (SSSR count). The van der Waals surface area contributed by atoms with Crippen molar-refractivity contribution in [3.8, 4) is 0 Å². The first-order valence-corrected chi connectivity index (χ1v) is 3.08. The Morgan fingerprint density at radius 1 is 1.38 bits per heavy atom. The number of nitro groups is 1. The molecule has 4 N–H and O–H groups in total. The van der Waals surface area contributed by atoms with Crippen molar-refractivity contribution in [2.45, 2.75) is 0 Å². The topological polar surface area (TPSA) is 138 Å². The normalized spacial score (nSPS) is 9.54. The molecule has 0 fully saturated rings. The van der Waals surface area contributed by atoms with E-state index in [9.17, 15) is 14.9 Å². The molecule has 1 aromatic heterocycles. The monoisotopic (exact) mass is 183 g/mol. The van der Waals surface area contributed by atoms with Crippen LogP contribution in [0.4, 0.5) is 17.5 Å². The summed E-state index contributed by atoms with van der Waals surface area (Å²) >= 11 is 0. The third kappa shape index (κ3) is 1.50. The molecule has 0 saturated heterocycles. The van der Waals surface area contributed by atoms with Gasteiger partial charge in [-0.05, 0) is 0 Å². The molecule has 0 aromatic carbocycles. The van der Waals surface area contributed by atoms with Crippen LogP contribution in [0.25, 0.3) is 0 Å². The molecule has 0 aliphatic rings. The number of hydrogen-bond acceptors (Lipinski definition) is 7. The quantitative estimate of drug-likeness (QED) is 0.353. The Bertz CT molecular complexity index is 377. The van der Waals surface area contributed by atoms with Crippen molar-refractivity contribution >= 4 is 23.7 Å².